The predicted octanol–water partition coefficient (Wildman–Crippen LogP) is 10.1. The van der Waals surface area contributed by atoms with Crippen molar-refractivity contribution in [3.05, 3.63) is 101 Å². The van der Waals surface area contributed by atoms with E-state index in [9.17, 15) is 0 Å². The molecule has 4 rings (SSSR count). The van der Waals surface area contributed by atoms with Gasteiger partial charge in [0.2, 0.25) is 0 Å². The molecule has 0 atom stereocenters. The molecule has 0 nitrogen and oxygen atoms in total. The first-order valence-electron chi connectivity index (χ1n) is 12.3. The Morgan fingerprint density at radius 1 is 0.800 bits per heavy atom. The predicted molar refractivity (Wildman–Crippen MR) is 154 cm³/mol. The molecular weight excluding hydrogens is 546 g/mol. The van der Waals surface area contributed by atoms with Crippen LogP contribution >= 0.6 is 17.0 Å². The second-order valence-electron chi connectivity index (χ2n) is 11.4. The van der Waals surface area contributed by atoms with Gasteiger partial charge in [-0.2, -0.15) is 0 Å². The van der Waals surface area contributed by atoms with Gasteiger partial charge in [0.25, 0.3) is 0 Å². The zero-order valence-corrected chi connectivity index (χ0v) is 26.1. The van der Waals surface area contributed by atoms with Gasteiger partial charge in [-0.3, -0.25) is 6.08 Å². The summed E-state index contributed by atoms with van der Waals surface area (Å²) in [5.41, 5.74) is 11.4. The van der Waals surface area contributed by atoms with Gasteiger partial charge >= 0.3 is 63.4 Å². The molecule has 0 unspecified atom stereocenters. The second kappa shape index (κ2) is 11.4. The van der Waals surface area contributed by atoms with Gasteiger partial charge in [-0.05, 0) is 75.3 Å². The molecule has 0 bridgehead atoms. The molecule has 0 aliphatic heterocycles. The van der Waals surface area contributed by atoms with Crippen LogP contribution in [0.5, 0.6) is 0 Å². The molecule has 3 heteroatoms. The van der Waals surface area contributed by atoms with Gasteiger partial charge in [-0.25, -0.2) is 0 Å². The number of halogens is 2. The average Bonchev–Trinajstić information content (AvgIpc) is 3.42. The number of fused-ring (bicyclic) bond motifs is 3. The van der Waals surface area contributed by atoms with Crippen LogP contribution in [-0.2, 0) is 29.7 Å². The Bertz CT molecular complexity index is 1160. The maximum absolute atomic E-state index is 5.71. The molecule has 35 heavy (non-hydrogen) atoms. The fourth-order valence-corrected chi connectivity index (χ4v) is 7.02. The van der Waals surface area contributed by atoms with Crippen molar-refractivity contribution in [2.45, 2.75) is 72.1 Å². The van der Waals surface area contributed by atoms with Gasteiger partial charge in [0, 0.05) is 0 Å². The van der Waals surface area contributed by atoms with Crippen LogP contribution in [0.2, 0.25) is 0 Å². The number of hydrogen-bond donors (Lipinski definition) is 0. The number of rotatable bonds is 3. The third kappa shape index (κ3) is 6.74. The second-order valence-corrected chi connectivity index (χ2v) is 19.7. The molecule has 2 aromatic carbocycles. The van der Waals surface area contributed by atoms with E-state index in [1.165, 1.54) is 44.5 Å². The fraction of sp³-hybridized carbons (Fsp3) is 0.344. The van der Waals surface area contributed by atoms with Crippen molar-refractivity contribution in [1.29, 1.82) is 0 Å². The van der Waals surface area contributed by atoms with Crippen LogP contribution in [0.3, 0.4) is 0 Å². The van der Waals surface area contributed by atoms with Crippen molar-refractivity contribution in [2.24, 2.45) is 0 Å². The Kier molecular flexibility index (Phi) is 9.23. The minimum absolute atomic E-state index is 0.143. The van der Waals surface area contributed by atoms with E-state index < -0.39 is 18.9 Å². The summed E-state index contributed by atoms with van der Waals surface area (Å²) in [5, 5.41) is 0. The quantitative estimate of drug-likeness (QED) is 0.269. The van der Waals surface area contributed by atoms with Crippen LogP contribution in [0.1, 0.15) is 83.6 Å². The van der Waals surface area contributed by atoms with Crippen LogP contribution in [0.4, 0.5) is 0 Å². The van der Waals surface area contributed by atoms with E-state index in [-0.39, 0.29) is 10.8 Å². The molecule has 0 fully saturated rings. The van der Waals surface area contributed by atoms with Crippen LogP contribution < -0.4 is 0 Å². The van der Waals surface area contributed by atoms with Crippen LogP contribution in [-0.4, -0.2) is 3.21 Å². The van der Waals surface area contributed by atoms with Crippen LogP contribution in [0.15, 0.2) is 72.4 Å². The van der Waals surface area contributed by atoms with E-state index >= 15 is 0 Å². The Morgan fingerprint density at radius 3 is 1.60 bits per heavy atom. The molecule has 2 aliphatic rings. The number of benzene rings is 2. The Morgan fingerprint density at radius 2 is 1.26 bits per heavy atom. The van der Waals surface area contributed by atoms with Crippen molar-refractivity contribution in [3.8, 4) is 11.1 Å². The average molecular weight is 584 g/mol. The first kappa shape index (κ1) is 28.3. The van der Waals surface area contributed by atoms with Crippen molar-refractivity contribution in [1.82, 2.24) is 0 Å². The summed E-state index contributed by atoms with van der Waals surface area (Å²) >= 11 is -2.02. The third-order valence-corrected chi connectivity index (χ3v) is 11.1. The molecular formula is C32H37Cl2Zr-. The van der Waals surface area contributed by atoms with E-state index in [4.69, 9.17) is 23.6 Å². The molecule has 0 N–H and O–H groups in total. The van der Waals surface area contributed by atoms with E-state index in [0.29, 0.717) is 0 Å². The molecule has 2 aliphatic carbocycles. The Balaban J connectivity index is 0.000000363. The third-order valence-electron chi connectivity index (χ3n) is 6.59. The maximum atomic E-state index is 5.71. The zero-order valence-electron chi connectivity index (χ0n) is 22.1. The molecule has 0 saturated carbocycles. The number of allylic oxidation sites excluding steroid dienone is 6. The molecule has 184 valence electrons. The summed E-state index contributed by atoms with van der Waals surface area (Å²) in [6.45, 7) is 21.7. The molecule has 2 aromatic rings. The van der Waals surface area contributed by atoms with Gasteiger partial charge in [0.15, 0.2) is 0 Å². The fourth-order valence-electron chi connectivity index (χ4n) is 4.43. The summed E-state index contributed by atoms with van der Waals surface area (Å²) in [6, 6.07) is 14.1. The monoisotopic (exact) mass is 581 g/mol. The summed E-state index contributed by atoms with van der Waals surface area (Å²) in [5.74, 6) is 0. The Hall–Kier alpha value is -1.27. The molecule has 0 saturated heterocycles. The van der Waals surface area contributed by atoms with Crippen LogP contribution in [0, 0.1) is 6.58 Å². The molecule has 0 aromatic heterocycles. The first-order valence-corrected chi connectivity index (χ1v) is 19.8. The summed E-state index contributed by atoms with van der Waals surface area (Å²) < 4.78 is 1.16. The van der Waals surface area contributed by atoms with E-state index in [1.54, 1.807) is 6.08 Å². The van der Waals surface area contributed by atoms with E-state index in [0.717, 1.165) is 16.0 Å². The van der Waals surface area contributed by atoms with Crippen LogP contribution in [0.25, 0.3) is 16.7 Å². The minimum atomic E-state index is -2.02. The first-order chi connectivity index (χ1) is 16.3. The normalized spacial score (nSPS) is 13.9. The Labute approximate surface area is 227 Å². The van der Waals surface area contributed by atoms with Crippen molar-refractivity contribution < 1.29 is 18.9 Å². The van der Waals surface area contributed by atoms with Gasteiger partial charge in [-0.15, -0.1) is 0 Å². The molecule has 0 radical (unpaired) electrons. The van der Waals surface area contributed by atoms with Gasteiger partial charge in [-0.1, -0.05) is 77.8 Å². The van der Waals surface area contributed by atoms with Crippen molar-refractivity contribution >= 4 is 25.8 Å². The number of hydrogen-bond acceptors (Lipinski definition) is 0. The zero-order chi connectivity index (χ0) is 26.0. The standard InChI is InChI=1S/C27H33.C5H4.2ClH.Zr/c1-9-10-11-18(2)25-23-16-19(26(3,4)5)12-14-21(23)22-15-13-20(17-24(22)25)27(6,7)8;1-2-4-5-3-1;;;/h1,9,12-17H,10-11H2,2-8H3;1-4H;2*1H;/q-1;;;;+2/p-2. The molecule has 0 amide bonds. The van der Waals surface area contributed by atoms with E-state index in [1.807, 2.05) is 24.3 Å². The van der Waals surface area contributed by atoms with Gasteiger partial charge in [0.1, 0.15) is 0 Å². The van der Waals surface area contributed by atoms with Crippen molar-refractivity contribution in [3.63, 3.8) is 0 Å². The summed E-state index contributed by atoms with van der Waals surface area (Å²) in [7, 11) is 11.4. The van der Waals surface area contributed by atoms with Crippen molar-refractivity contribution in [2.75, 3.05) is 0 Å². The summed E-state index contributed by atoms with van der Waals surface area (Å²) in [6.07, 6.45) is 11.6. The van der Waals surface area contributed by atoms with E-state index in [2.05, 4.69) is 84.9 Å². The summed E-state index contributed by atoms with van der Waals surface area (Å²) in [4.78, 5) is 0. The van der Waals surface area contributed by atoms with Gasteiger partial charge < -0.3 is 6.58 Å². The topological polar surface area (TPSA) is 0 Å². The molecule has 0 heterocycles. The molecule has 0 spiro atoms. The SMILES string of the molecule is [CH-]=CCCC(C)=C1c2cc(C(C)(C)C)ccc2-c2ccc(C(C)(C)C)cc21.[Cl][Zr]([Cl])=[C]1C=CC=C1. The van der Waals surface area contributed by atoms with Gasteiger partial charge in [0.05, 0.1) is 0 Å².